The highest BCUT2D eigenvalue weighted by molar-refractivity contribution is 6.39. The highest BCUT2D eigenvalue weighted by Gasteiger charge is 2.23. The van der Waals surface area contributed by atoms with Crippen molar-refractivity contribution < 1.29 is 15.3 Å². The maximum absolute atomic E-state index is 10.5. The maximum atomic E-state index is 10.5. The Morgan fingerprint density at radius 3 is 2.25 bits per heavy atom. The Morgan fingerprint density at radius 1 is 1.03 bits per heavy atom. The molecule has 0 saturated heterocycles. The predicted octanol–water partition coefficient (Wildman–Crippen LogP) is 5.47. The predicted molar refractivity (Wildman–Crippen MR) is 134 cm³/mol. The lowest BCUT2D eigenvalue weighted by Gasteiger charge is -2.21. The third-order valence-corrected chi connectivity index (χ3v) is 5.90. The molecule has 0 heterocycles. The first kappa shape index (κ1) is 23.2. The van der Waals surface area contributed by atoms with Crippen molar-refractivity contribution in [3.8, 4) is 39.5 Å². The van der Waals surface area contributed by atoms with Crippen LogP contribution in [-0.4, -0.2) is 28.9 Å². The largest absolute Gasteiger partial charge is 0.505 e. The number of aryl methyl sites for hydroxylation is 1. The first-order valence-electron chi connectivity index (χ1n) is 10.6. The molecule has 0 amide bonds. The van der Waals surface area contributed by atoms with Crippen molar-refractivity contribution in [1.29, 1.82) is 5.41 Å². The standard InChI is InChI=1S/C27H28BNO3/c1-6-17-20(19-12-11-16(13-15(19)5)24(29)14(3)4)9-8-10-21(17)22-18(7-2)25(30)27(32)26(31)23(22)28/h6,8-14,29-32H,1,7H2,2-5H3. The van der Waals surface area contributed by atoms with Crippen molar-refractivity contribution in [3.63, 3.8) is 0 Å². The van der Waals surface area contributed by atoms with Gasteiger partial charge in [0.05, 0.1) is 0 Å². The van der Waals surface area contributed by atoms with Crippen molar-refractivity contribution in [2.24, 2.45) is 5.92 Å². The van der Waals surface area contributed by atoms with Gasteiger partial charge < -0.3 is 20.7 Å². The van der Waals surface area contributed by atoms with Crippen LogP contribution in [-0.2, 0) is 6.42 Å². The second-order valence-corrected chi connectivity index (χ2v) is 8.24. The van der Waals surface area contributed by atoms with E-state index >= 15 is 0 Å². The minimum Gasteiger partial charge on any atom is -0.505 e. The van der Waals surface area contributed by atoms with Crippen LogP contribution in [0.15, 0.2) is 43.0 Å². The van der Waals surface area contributed by atoms with E-state index in [9.17, 15) is 15.3 Å². The van der Waals surface area contributed by atoms with Crippen LogP contribution in [0, 0.1) is 18.3 Å². The number of hydrogen-bond donors (Lipinski definition) is 4. The van der Waals surface area contributed by atoms with Crippen LogP contribution in [0.1, 0.15) is 43.0 Å². The van der Waals surface area contributed by atoms with Crippen molar-refractivity contribution in [3.05, 3.63) is 65.2 Å². The minimum atomic E-state index is -0.613. The smallest absolute Gasteiger partial charge is 0.199 e. The number of nitrogens with one attached hydrogen (secondary N) is 1. The van der Waals surface area contributed by atoms with Crippen LogP contribution in [0.2, 0.25) is 0 Å². The van der Waals surface area contributed by atoms with Gasteiger partial charge in [-0.3, -0.25) is 0 Å². The number of phenols is 3. The summed E-state index contributed by atoms with van der Waals surface area (Å²) in [5, 5.41) is 39.1. The fourth-order valence-corrected chi connectivity index (χ4v) is 4.14. The van der Waals surface area contributed by atoms with E-state index in [1.165, 1.54) is 0 Å². The lowest BCUT2D eigenvalue weighted by molar-refractivity contribution is 0.367. The van der Waals surface area contributed by atoms with E-state index in [-0.39, 0.29) is 17.1 Å². The summed E-state index contributed by atoms with van der Waals surface area (Å²) in [7, 11) is 6.21. The molecular formula is C27H28BNO3. The van der Waals surface area contributed by atoms with E-state index in [4.69, 9.17) is 13.3 Å². The summed E-state index contributed by atoms with van der Waals surface area (Å²) in [5.41, 5.74) is 6.86. The summed E-state index contributed by atoms with van der Waals surface area (Å²) in [5.74, 6) is -1.39. The van der Waals surface area contributed by atoms with Crippen LogP contribution < -0.4 is 5.46 Å². The van der Waals surface area contributed by atoms with Gasteiger partial charge in [0.2, 0.25) is 0 Å². The first-order chi connectivity index (χ1) is 15.1. The molecule has 3 aromatic carbocycles. The number of aromatic hydroxyl groups is 3. The van der Waals surface area contributed by atoms with Crippen molar-refractivity contribution in [1.82, 2.24) is 0 Å². The molecule has 0 unspecified atom stereocenters. The SMILES string of the molecule is [B]c1c(O)c(O)c(O)c(CC)c1-c1cccc(-c2ccc(C(=N)C(C)C)cc2C)c1C=C. The van der Waals surface area contributed by atoms with Gasteiger partial charge in [-0.2, -0.15) is 0 Å². The summed E-state index contributed by atoms with van der Waals surface area (Å²) < 4.78 is 0. The van der Waals surface area contributed by atoms with Gasteiger partial charge in [-0.25, -0.2) is 0 Å². The summed E-state index contributed by atoms with van der Waals surface area (Å²) in [6, 6.07) is 11.7. The van der Waals surface area contributed by atoms with Gasteiger partial charge in [-0.1, -0.05) is 63.8 Å². The number of rotatable bonds is 6. The molecule has 0 atom stereocenters. The zero-order valence-electron chi connectivity index (χ0n) is 19.0. The molecule has 2 radical (unpaired) electrons. The molecule has 32 heavy (non-hydrogen) atoms. The highest BCUT2D eigenvalue weighted by Crippen LogP contribution is 2.44. The van der Waals surface area contributed by atoms with Crippen molar-refractivity contribution in [2.45, 2.75) is 34.1 Å². The number of phenolic OH excluding ortho intramolecular Hbond substituents is 3. The average Bonchev–Trinajstić information content (AvgIpc) is 2.78. The van der Waals surface area contributed by atoms with Gasteiger partial charge in [0, 0.05) is 11.3 Å². The Morgan fingerprint density at radius 2 is 1.69 bits per heavy atom. The molecular weight excluding hydrogens is 397 g/mol. The summed E-state index contributed by atoms with van der Waals surface area (Å²) >= 11 is 0. The van der Waals surface area contributed by atoms with Crippen molar-refractivity contribution in [2.75, 3.05) is 0 Å². The molecule has 5 heteroatoms. The minimum absolute atomic E-state index is 0.00912. The second-order valence-electron chi connectivity index (χ2n) is 8.24. The van der Waals surface area contributed by atoms with Crippen LogP contribution >= 0.6 is 0 Å². The van der Waals surface area contributed by atoms with E-state index in [1.54, 1.807) is 6.08 Å². The van der Waals surface area contributed by atoms with Crippen LogP contribution in [0.25, 0.3) is 28.3 Å². The molecule has 0 fully saturated rings. The molecule has 0 spiro atoms. The van der Waals surface area contributed by atoms with Gasteiger partial charge in [-0.05, 0) is 69.7 Å². The molecule has 4 N–H and O–H groups in total. The Balaban J connectivity index is 2.29. The van der Waals surface area contributed by atoms with Gasteiger partial charge in [0.1, 0.15) is 7.85 Å². The van der Waals surface area contributed by atoms with Gasteiger partial charge in [0.25, 0.3) is 0 Å². The Labute approximate surface area is 190 Å². The Bertz CT molecular complexity index is 1230. The van der Waals surface area contributed by atoms with Crippen LogP contribution in [0.3, 0.4) is 0 Å². The third kappa shape index (κ3) is 3.79. The lowest BCUT2D eigenvalue weighted by Crippen LogP contribution is -2.12. The Kier molecular flexibility index (Phi) is 6.49. The van der Waals surface area contributed by atoms with Crippen LogP contribution in [0.4, 0.5) is 0 Å². The van der Waals surface area contributed by atoms with E-state index in [1.807, 2.05) is 64.1 Å². The molecule has 3 aromatic rings. The maximum Gasteiger partial charge on any atom is 0.199 e. The average molecular weight is 425 g/mol. The normalized spacial score (nSPS) is 11.0. The van der Waals surface area contributed by atoms with E-state index in [0.29, 0.717) is 28.8 Å². The fraction of sp³-hybridized carbons (Fsp3) is 0.222. The monoisotopic (exact) mass is 425 g/mol. The van der Waals surface area contributed by atoms with Gasteiger partial charge in [0.15, 0.2) is 17.2 Å². The van der Waals surface area contributed by atoms with Crippen LogP contribution in [0.5, 0.6) is 17.2 Å². The molecule has 0 saturated carbocycles. The molecule has 0 aliphatic carbocycles. The second kappa shape index (κ2) is 8.95. The Hall–Kier alpha value is -3.47. The molecule has 0 aromatic heterocycles. The fourth-order valence-electron chi connectivity index (χ4n) is 4.14. The topological polar surface area (TPSA) is 84.5 Å². The summed E-state index contributed by atoms with van der Waals surface area (Å²) in [6.07, 6.45) is 2.14. The zero-order chi connectivity index (χ0) is 23.7. The molecule has 4 nitrogen and oxygen atoms in total. The van der Waals surface area contributed by atoms with Crippen molar-refractivity contribution >= 4 is 25.1 Å². The zero-order valence-corrected chi connectivity index (χ0v) is 19.0. The quantitative estimate of drug-likeness (QED) is 0.240. The van der Waals surface area contributed by atoms with Gasteiger partial charge in [-0.15, -0.1) is 0 Å². The highest BCUT2D eigenvalue weighted by atomic mass is 16.3. The third-order valence-electron chi connectivity index (χ3n) is 5.90. The number of hydrogen-bond acceptors (Lipinski definition) is 4. The molecule has 0 bridgehead atoms. The van der Waals surface area contributed by atoms with E-state index in [2.05, 4.69) is 6.58 Å². The lowest BCUT2D eigenvalue weighted by atomic mass is 9.79. The van der Waals surface area contributed by atoms with E-state index in [0.717, 1.165) is 27.8 Å². The first-order valence-corrected chi connectivity index (χ1v) is 10.6. The molecule has 0 aliphatic rings. The molecule has 3 rings (SSSR count). The molecule has 162 valence electrons. The number of benzene rings is 3. The summed E-state index contributed by atoms with van der Waals surface area (Å²) in [4.78, 5) is 0. The summed E-state index contributed by atoms with van der Waals surface area (Å²) in [6.45, 7) is 11.9. The van der Waals surface area contributed by atoms with E-state index < -0.39 is 11.5 Å². The van der Waals surface area contributed by atoms with Gasteiger partial charge >= 0.3 is 0 Å². The molecule has 0 aliphatic heterocycles.